The van der Waals surface area contributed by atoms with Crippen molar-refractivity contribution in [3.8, 4) is 0 Å². The Bertz CT molecular complexity index is 725. The van der Waals surface area contributed by atoms with Crippen LogP contribution in [0.25, 0.3) is 0 Å². The van der Waals surface area contributed by atoms with Crippen LogP contribution in [0, 0.1) is 0 Å². The Balaban J connectivity index is 1.95. The van der Waals surface area contributed by atoms with Gasteiger partial charge >= 0.3 is 12.2 Å². The number of halogens is 3. The maximum atomic E-state index is 12.9. The zero-order chi connectivity index (χ0) is 19.2. The van der Waals surface area contributed by atoms with Crippen LogP contribution in [0.4, 0.5) is 29.3 Å². The zero-order valence-corrected chi connectivity index (χ0v) is 14.7. The summed E-state index contributed by atoms with van der Waals surface area (Å²) >= 11 is 0. The molecule has 2 aromatic rings. The number of nitrogens with one attached hydrogen (secondary N) is 2. The van der Waals surface area contributed by atoms with Gasteiger partial charge in [0.2, 0.25) is 0 Å². The molecule has 9 heteroatoms. The highest BCUT2D eigenvalue weighted by molar-refractivity contribution is 6.00. The Morgan fingerprint density at radius 3 is 2.54 bits per heavy atom. The van der Waals surface area contributed by atoms with E-state index in [1.54, 1.807) is 10.9 Å². The lowest BCUT2D eigenvalue weighted by atomic mass is 10.1. The normalized spacial score (nSPS) is 11.6. The first kappa shape index (κ1) is 19.8. The van der Waals surface area contributed by atoms with Crippen molar-refractivity contribution < 1.29 is 18.0 Å². The summed E-state index contributed by atoms with van der Waals surface area (Å²) in [5, 5.41) is 8.86. The van der Waals surface area contributed by atoms with Crippen molar-refractivity contribution in [2.75, 3.05) is 30.3 Å². The third kappa shape index (κ3) is 5.48. The van der Waals surface area contributed by atoms with Crippen LogP contribution in [0.3, 0.4) is 0 Å². The second-order valence-electron chi connectivity index (χ2n) is 5.64. The molecule has 0 fully saturated rings. The molecular weight excluding hydrogens is 347 g/mol. The van der Waals surface area contributed by atoms with Crippen molar-refractivity contribution in [1.82, 2.24) is 14.7 Å². The van der Waals surface area contributed by atoms with Crippen molar-refractivity contribution in [3.05, 3.63) is 42.2 Å². The quantitative estimate of drug-likeness (QED) is 0.778. The van der Waals surface area contributed by atoms with Crippen LogP contribution in [-0.4, -0.2) is 40.3 Å². The molecule has 0 radical (unpaired) electrons. The molecule has 0 aliphatic carbocycles. The molecule has 0 aliphatic heterocycles. The average molecular weight is 369 g/mol. The number of alkyl halides is 3. The fourth-order valence-electron chi connectivity index (χ4n) is 2.46. The number of amides is 2. The highest BCUT2D eigenvalue weighted by atomic mass is 19.4. The lowest BCUT2D eigenvalue weighted by Crippen LogP contribution is -2.27. The Morgan fingerprint density at radius 1 is 1.19 bits per heavy atom. The molecule has 1 heterocycles. The van der Waals surface area contributed by atoms with Crippen molar-refractivity contribution in [1.29, 1.82) is 0 Å². The fourth-order valence-corrected chi connectivity index (χ4v) is 2.46. The predicted molar refractivity (Wildman–Crippen MR) is 94.1 cm³/mol. The number of benzene rings is 1. The number of para-hydroxylation sites is 1. The van der Waals surface area contributed by atoms with Gasteiger partial charge in [0, 0.05) is 12.7 Å². The summed E-state index contributed by atoms with van der Waals surface area (Å²) in [6, 6.07) is 4.06. The summed E-state index contributed by atoms with van der Waals surface area (Å²) < 4.78 is 40.5. The van der Waals surface area contributed by atoms with Crippen molar-refractivity contribution in [2.45, 2.75) is 26.6 Å². The van der Waals surface area contributed by atoms with E-state index in [0.717, 1.165) is 25.7 Å². The molecule has 0 aliphatic rings. The van der Waals surface area contributed by atoms with Crippen LogP contribution in [0.15, 0.2) is 36.7 Å². The molecule has 0 bridgehead atoms. The molecule has 0 saturated carbocycles. The molecule has 2 amide bonds. The van der Waals surface area contributed by atoms with E-state index in [2.05, 4.69) is 34.5 Å². The van der Waals surface area contributed by atoms with Gasteiger partial charge in [-0.2, -0.15) is 18.3 Å². The molecule has 0 saturated heterocycles. The van der Waals surface area contributed by atoms with Gasteiger partial charge in [0.15, 0.2) is 0 Å². The van der Waals surface area contributed by atoms with Crippen molar-refractivity contribution in [2.24, 2.45) is 0 Å². The van der Waals surface area contributed by atoms with Gasteiger partial charge in [0.1, 0.15) is 0 Å². The molecule has 0 unspecified atom stereocenters. The third-order valence-corrected chi connectivity index (χ3v) is 3.91. The molecule has 26 heavy (non-hydrogen) atoms. The minimum atomic E-state index is -4.54. The summed E-state index contributed by atoms with van der Waals surface area (Å²) in [5.74, 6) is 0. The van der Waals surface area contributed by atoms with Gasteiger partial charge in [0.25, 0.3) is 0 Å². The number of nitrogens with zero attached hydrogens (tertiary/aromatic N) is 3. The van der Waals surface area contributed by atoms with Gasteiger partial charge in [-0.1, -0.05) is 26.0 Å². The summed E-state index contributed by atoms with van der Waals surface area (Å²) in [6.45, 7) is 7.49. The minimum absolute atomic E-state index is 0.300. The van der Waals surface area contributed by atoms with Gasteiger partial charge in [-0.25, -0.2) is 4.79 Å². The Kier molecular flexibility index (Phi) is 6.62. The molecule has 0 atom stereocenters. The van der Waals surface area contributed by atoms with E-state index in [1.807, 2.05) is 0 Å². The second kappa shape index (κ2) is 8.70. The van der Waals surface area contributed by atoms with Crippen LogP contribution in [-0.2, 0) is 12.7 Å². The summed E-state index contributed by atoms with van der Waals surface area (Å²) in [6.07, 6.45) is -1.45. The maximum Gasteiger partial charge on any atom is 0.418 e. The second-order valence-corrected chi connectivity index (χ2v) is 5.64. The molecule has 2 rings (SSSR count). The van der Waals surface area contributed by atoms with E-state index in [0.29, 0.717) is 12.2 Å². The maximum absolute atomic E-state index is 12.9. The summed E-state index contributed by atoms with van der Waals surface area (Å²) in [4.78, 5) is 14.2. The van der Waals surface area contributed by atoms with Gasteiger partial charge < -0.3 is 15.5 Å². The van der Waals surface area contributed by atoms with E-state index in [9.17, 15) is 18.0 Å². The number of aromatic nitrogens is 2. The lowest BCUT2D eigenvalue weighted by Gasteiger charge is -2.17. The Labute approximate surface area is 150 Å². The molecule has 142 valence electrons. The molecule has 1 aromatic heterocycles. The predicted octanol–water partition coefficient (Wildman–Crippen LogP) is 3.89. The lowest BCUT2D eigenvalue weighted by molar-refractivity contribution is -0.136. The number of hydrogen-bond acceptors (Lipinski definition) is 3. The summed E-state index contributed by atoms with van der Waals surface area (Å²) in [7, 11) is 0. The Morgan fingerprint density at radius 2 is 1.88 bits per heavy atom. The van der Waals surface area contributed by atoms with E-state index in [1.165, 1.54) is 24.4 Å². The van der Waals surface area contributed by atoms with E-state index in [-0.39, 0.29) is 5.69 Å². The van der Waals surface area contributed by atoms with E-state index >= 15 is 0 Å². The number of carbonyl (C=O) groups is 1. The first-order valence-electron chi connectivity index (χ1n) is 8.32. The highest BCUT2D eigenvalue weighted by Gasteiger charge is 2.33. The number of urea groups is 1. The smallest absolute Gasteiger partial charge is 0.307 e. The standard InChI is InChI=1S/C17H22F3N5O/c1-3-24(4-2)9-10-25-12-13(11-21-25)22-16(26)23-15-8-6-5-7-14(15)17(18,19)20/h5-8,11-12H,3-4,9-10H2,1-2H3,(H2,22,23,26). The first-order chi connectivity index (χ1) is 12.3. The van der Waals surface area contributed by atoms with E-state index in [4.69, 9.17) is 0 Å². The SMILES string of the molecule is CCN(CC)CCn1cc(NC(=O)Nc2ccccc2C(F)(F)F)cn1. The fraction of sp³-hybridized carbons (Fsp3) is 0.412. The van der Waals surface area contributed by atoms with E-state index < -0.39 is 17.8 Å². The van der Waals surface area contributed by atoms with Gasteiger partial charge in [-0.05, 0) is 25.2 Å². The average Bonchev–Trinajstić information content (AvgIpc) is 3.02. The molecule has 2 N–H and O–H groups in total. The Hall–Kier alpha value is -2.55. The monoisotopic (exact) mass is 369 g/mol. The number of anilines is 2. The van der Waals surface area contributed by atoms with Crippen LogP contribution < -0.4 is 10.6 Å². The van der Waals surface area contributed by atoms with Crippen molar-refractivity contribution in [3.63, 3.8) is 0 Å². The largest absolute Gasteiger partial charge is 0.418 e. The highest BCUT2D eigenvalue weighted by Crippen LogP contribution is 2.34. The number of rotatable bonds is 7. The molecule has 1 aromatic carbocycles. The van der Waals surface area contributed by atoms with Crippen LogP contribution in [0.2, 0.25) is 0 Å². The van der Waals surface area contributed by atoms with Gasteiger partial charge in [-0.15, -0.1) is 0 Å². The van der Waals surface area contributed by atoms with Gasteiger partial charge in [0.05, 0.1) is 29.7 Å². The third-order valence-electron chi connectivity index (χ3n) is 3.91. The molecule has 6 nitrogen and oxygen atoms in total. The zero-order valence-electron chi connectivity index (χ0n) is 14.7. The topological polar surface area (TPSA) is 62.2 Å². The molecule has 0 spiro atoms. The number of hydrogen-bond donors (Lipinski definition) is 2. The number of carbonyl (C=O) groups excluding carboxylic acids is 1. The summed E-state index contributed by atoms with van der Waals surface area (Å²) in [5.41, 5.74) is -0.789. The first-order valence-corrected chi connectivity index (χ1v) is 8.32. The number of likely N-dealkylation sites (N-methyl/N-ethyl adjacent to an activating group) is 1. The minimum Gasteiger partial charge on any atom is -0.307 e. The molecular formula is C17H22F3N5O. The van der Waals surface area contributed by atoms with Crippen molar-refractivity contribution >= 4 is 17.4 Å². The van der Waals surface area contributed by atoms with Crippen LogP contribution in [0.1, 0.15) is 19.4 Å². The van der Waals surface area contributed by atoms with Crippen LogP contribution >= 0.6 is 0 Å². The van der Waals surface area contributed by atoms with Gasteiger partial charge in [-0.3, -0.25) is 4.68 Å². The van der Waals surface area contributed by atoms with Crippen LogP contribution in [0.5, 0.6) is 0 Å².